The summed E-state index contributed by atoms with van der Waals surface area (Å²) in [6.07, 6.45) is 3.16. The first-order valence-corrected chi connectivity index (χ1v) is 4.32. The van der Waals surface area contributed by atoms with Gasteiger partial charge in [0.2, 0.25) is 0 Å². The van der Waals surface area contributed by atoms with E-state index in [-0.39, 0.29) is 18.1 Å². The van der Waals surface area contributed by atoms with E-state index in [1.807, 2.05) is 0 Å². The molecule has 0 saturated heterocycles. The summed E-state index contributed by atoms with van der Waals surface area (Å²) in [5.74, 6) is -0.0887. The van der Waals surface area contributed by atoms with Gasteiger partial charge in [-0.25, -0.2) is 14.8 Å². The predicted molar refractivity (Wildman–Crippen MR) is 60.7 cm³/mol. The van der Waals surface area contributed by atoms with Crippen molar-refractivity contribution in [3.05, 3.63) is 23.8 Å². The van der Waals surface area contributed by atoms with Crippen LogP contribution in [0.1, 0.15) is 16.2 Å². The zero-order chi connectivity index (χ0) is 11.0. The summed E-state index contributed by atoms with van der Waals surface area (Å²) in [4.78, 5) is 19.4. The Labute approximate surface area is 97.9 Å². The molecule has 2 heterocycles. The molecule has 0 aromatic carbocycles. The Hall–Kier alpha value is -1.82. The van der Waals surface area contributed by atoms with Gasteiger partial charge in [-0.3, -0.25) is 0 Å². The lowest BCUT2D eigenvalue weighted by Crippen LogP contribution is -2.07. The van der Waals surface area contributed by atoms with Crippen LogP contribution in [0, 0.1) is 6.92 Å². The number of carbonyl (C=O) groups excluding carboxylic acids is 1. The van der Waals surface area contributed by atoms with Gasteiger partial charge in [0.15, 0.2) is 11.3 Å². The van der Waals surface area contributed by atoms with Crippen LogP contribution in [-0.4, -0.2) is 27.4 Å². The van der Waals surface area contributed by atoms with Gasteiger partial charge in [-0.1, -0.05) is 0 Å². The zero-order valence-electron chi connectivity index (χ0n) is 8.80. The summed E-state index contributed by atoms with van der Waals surface area (Å²) >= 11 is 0. The van der Waals surface area contributed by atoms with E-state index in [0.29, 0.717) is 17.2 Å². The van der Waals surface area contributed by atoms with Gasteiger partial charge < -0.3 is 14.9 Å². The number of imidazole rings is 1. The van der Waals surface area contributed by atoms with Crippen molar-refractivity contribution in [1.82, 2.24) is 14.4 Å². The summed E-state index contributed by atoms with van der Waals surface area (Å²) in [6, 6.07) is 0. The third kappa shape index (κ3) is 1.92. The highest BCUT2D eigenvalue weighted by atomic mass is 35.5. The minimum Gasteiger partial charge on any atom is -0.464 e. The van der Waals surface area contributed by atoms with Crippen LogP contribution in [0.15, 0.2) is 12.4 Å². The molecule has 2 rings (SSSR count). The highest BCUT2D eigenvalue weighted by Gasteiger charge is 2.11. The number of nitrogens with two attached hydrogens (primary N) is 1. The Balaban J connectivity index is 0.00000128. The van der Waals surface area contributed by atoms with Crippen molar-refractivity contribution in [2.45, 2.75) is 6.92 Å². The second kappa shape index (κ2) is 4.36. The van der Waals surface area contributed by atoms with E-state index in [1.54, 1.807) is 17.5 Å². The molecule has 6 nitrogen and oxygen atoms in total. The maximum atomic E-state index is 11.3. The smallest absolute Gasteiger partial charge is 0.358 e. The summed E-state index contributed by atoms with van der Waals surface area (Å²) in [7, 11) is 1.31. The summed E-state index contributed by atoms with van der Waals surface area (Å²) in [5.41, 5.74) is 7.05. The summed E-state index contributed by atoms with van der Waals surface area (Å²) in [5, 5.41) is 0. The number of hydrogen-bond acceptors (Lipinski definition) is 5. The summed E-state index contributed by atoms with van der Waals surface area (Å²) in [6.45, 7) is 1.76. The quantitative estimate of drug-likeness (QED) is 0.749. The van der Waals surface area contributed by atoms with Gasteiger partial charge >= 0.3 is 5.97 Å². The molecule has 16 heavy (non-hydrogen) atoms. The molecule has 0 aliphatic carbocycles. The van der Waals surface area contributed by atoms with Crippen molar-refractivity contribution in [1.29, 1.82) is 0 Å². The first kappa shape index (κ1) is 12.3. The van der Waals surface area contributed by atoms with E-state index in [1.165, 1.54) is 13.3 Å². The fourth-order valence-corrected chi connectivity index (χ4v) is 1.37. The largest absolute Gasteiger partial charge is 0.464 e. The van der Waals surface area contributed by atoms with Gasteiger partial charge in [0.25, 0.3) is 0 Å². The van der Waals surface area contributed by atoms with Crippen molar-refractivity contribution >= 4 is 29.8 Å². The molecule has 0 aliphatic heterocycles. The molecule has 0 atom stereocenters. The van der Waals surface area contributed by atoms with E-state index in [9.17, 15) is 4.79 Å². The minimum atomic E-state index is -0.479. The average molecular weight is 243 g/mol. The molecule has 0 saturated carbocycles. The van der Waals surface area contributed by atoms with Crippen LogP contribution in [0.25, 0.3) is 5.65 Å². The lowest BCUT2D eigenvalue weighted by atomic mass is 10.4. The Morgan fingerprint density at radius 1 is 1.44 bits per heavy atom. The predicted octanol–water partition coefficient (Wildman–Crippen LogP) is 0.828. The number of methoxy groups -OCH3 is 1. The fourth-order valence-electron chi connectivity index (χ4n) is 1.37. The van der Waals surface area contributed by atoms with Crippen LogP contribution in [0.3, 0.4) is 0 Å². The molecule has 0 aliphatic rings. The molecular weight excluding hydrogens is 232 g/mol. The van der Waals surface area contributed by atoms with Crippen molar-refractivity contribution in [3.8, 4) is 0 Å². The highest BCUT2D eigenvalue weighted by Crippen LogP contribution is 2.11. The molecule has 0 fully saturated rings. The topological polar surface area (TPSA) is 82.5 Å². The Bertz CT molecular complexity index is 538. The molecule has 0 unspecified atom stereocenters. The minimum absolute atomic E-state index is 0. The Morgan fingerprint density at radius 2 is 2.12 bits per heavy atom. The number of esters is 1. The molecule has 2 N–H and O–H groups in total. The number of nitrogens with zero attached hydrogens (tertiary/aromatic N) is 3. The Kier molecular flexibility index (Phi) is 3.34. The number of aromatic nitrogens is 3. The third-order valence-electron chi connectivity index (χ3n) is 2.02. The van der Waals surface area contributed by atoms with Crippen LogP contribution < -0.4 is 5.73 Å². The number of anilines is 1. The maximum Gasteiger partial charge on any atom is 0.358 e. The molecule has 2 aromatic rings. The SMILES string of the molecule is COC(=O)c1cn2cc(N)nc2c(C)n1.Cl. The van der Waals surface area contributed by atoms with E-state index >= 15 is 0 Å². The fraction of sp³-hybridized carbons (Fsp3) is 0.222. The van der Waals surface area contributed by atoms with Gasteiger partial charge in [-0.15, -0.1) is 12.4 Å². The number of aryl methyl sites for hydroxylation is 1. The highest BCUT2D eigenvalue weighted by molar-refractivity contribution is 5.87. The molecule has 86 valence electrons. The number of halogens is 1. The molecule has 0 spiro atoms. The van der Waals surface area contributed by atoms with Crippen LogP contribution in [-0.2, 0) is 4.74 Å². The van der Waals surface area contributed by atoms with Crippen molar-refractivity contribution in [3.63, 3.8) is 0 Å². The van der Waals surface area contributed by atoms with Gasteiger partial charge in [0, 0.05) is 6.20 Å². The standard InChI is InChI=1S/C9H10N4O2.ClH/c1-5-8-12-7(10)4-13(8)3-6(11-5)9(14)15-2;/h3-4H,10H2,1-2H3;1H. The Morgan fingerprint density at radius 3 is 2.75 bits per heavy atom. The van der Waals surface area contributed by atoms with E-state index < -0.39 is 5.97 Å². The molecule has 0 radical (unpaired) electrons. The van der Waals surface area contributed by atoms with Crippen LogP contribution in [0.2, 0.25) is 0 Å². The second-order valence-electron chi connectivity index (χ2n) is 3.10. The number of carbonyl (C=O) groups is 1. The van der Waals surface area contributed by atoms with Crippen molar-refractivity contribution in [2.24, 2.45) is 0 Å². The second-order valence-corrected chi connectivity index (χ2v) is 3.10. The number of hydrogen-bond donors (Lipinski definition) is 1. The van der Waals surface area contributed by atoms with Crippen LogP contribution >= 0.6 is 12.4 Å². The van der Waals surface area contributed by atoms with Gasteiger partial charge in [-0.2, -0.15) is 0 Å². The van der Waals surface area contributed by atoms with Crippen molar-refractivity contribution in [2.75, 3.05) is 12.8 Å². The first-order chi connectivity index (χ1) is 7.11. The number of fused-ring (bicyclic) bond motifs is 1. The number of nitrogen functional groups attached to an aromatic ring is 1. The summed E-state index contributed by atoms with van der Waals surface area (Å²) < 4.78 is 6.24. The maximum absolute atomic E-state index is 11.3. The zero-order valence-corrected chi connectivity index (χ0v) is 9.61. The van der Waals surface area contributed by atoms with Crippen LogP contribution in [0.4, 0.5) is 5.82 Å². The third-order valence-corrected chi connectivity index (χ3v) is 2.02. The van der Waals surface area contributed by atoms with E-state index in [2.05, 4.69) is 14.7 Å². The van der Waals surface area contributed by atoms with E-state index in [0.717, 1.165) is 0 Å². The van der Waals surface area contributed by atoms with Gasteiger partial charge in [0.05, 0.1) is 19.0 Å². The molecule has 0 bridgehead atoms. The molecule has 7 heteroatoms. The van der Waals surface area contributed by atoms with Crippen LogP contribution in [0.5, 0.6) is 0 Å². The lowest BCUT2D eigenvalue weighted by Gasteiger charge is -2.01. The monoisotopic (exact) mass is 242 g/mol. The molecule has 2 aromatic heterocycles. The molecular formula is C9H11ClN4O2. The van der Waals surface area contributed by atoms with Gasteiger partial charge in [0.1, 0.15) is 5.82 Å². The van der Waals surface area contributed by atoms with Gasteiger partial charge in [-0.05, 0) is 6.92 Å². The molecule has 0 amide bonds. The van der Waals surface area contributed by atoms with Crippen molar-refractivity contribution < 1.29 is 9.53 Å². The lowest BCUT2D eigenvalue weighted by molar-refractivity contribution is 0.0593. The van der Waals surface area contributed by atoms with E-state index in [4.69, 9.17) is 5.73 Å². The number of rotatable bonds is 1. The number of ether oxygens (including phenoxy) is 1. The first-order valence-electron chi connectivity index (χ1n) is 4.32. The average Bonchev–Trinajstić information content (AvgIpc) is 2.58. The normalized spacial score (nSPS) is 9.88.